The van der Waals surface area contributed by atoms with E-state index in [1.54, 1.807) is 29.2 Å². The molecular weight excluding hydrogens is 463 g/mol. The molecule has 0 N–H and O–H groups in total. The van der Waals surface area contributed by atoms with Crippen molar-refractivity contribution in [2.24, 2.45) is 0 Å². The highest BCUT2D eigenvalue weighted by Crippen LogP contribution is 2.34. The molecule has 0 saturated carbocycles. The number of carbonyl (C=O) groups excluding carboxylic acids is 1. The Hall–Kier alpha value is -2.31. The van der Waals surface area contributed by atoms with Crippen molar-refractivity contribution in [2.75, 3.05) is 11.5 Å². The average Bonchev–Trinajstić information content (AvgIpc) is 3.17. The Morgan fingerprint density at radius 1 is 0.967 bits per heavy atom. The molecule has 0 fully saturated rings. The van der Waals surface area contributed by atoms with E-state index in [1.807, 2.05) is 42.5 Å². The predicted molar refractivity (Wildman–Crippen MR) is 124 cm³/mol. The van der Waals surface area contributed by atoms with Gasteiger partial charge in [-0.05, 0) is 35.9 Å². The Morgan fingerprint density at radius 2 is 1.77 bits per heavy atom. The smallest absolute Gasteiger partial charge is 0.267 e. The van der Waals surface area contributed by atoms with Crippen LogP contribution < -0.4 is 9.64 Å². The van der Waals surface area contributed by atoms with Crippen LogP contribution >= 0.6 is 46.1 Å². The van der Waals surface area contributed by atoms with E-state index in [4.69, 9.17) is 39.5 Å². The Balaban J connectivity index is 1.62. The van der Waals surface area contributed by atoms with Gasteiger partial charge in [-0.1, -0.05) is 82.5 Å². The first-order chi connectivity index (χ1) is 14.5. The van der Waals surface area contributed by atoms with Gasteiger partial charge in [0.05, 0.1) is 21.3 Å². The van der Waals surface area contributed by atoms with Crippen LogP contribution in [0.5, 0.6) is 5.75 Å². The molecule has 30 heavy (non-hydrogen) atoms. The second-order valence-corrected chi connectivity index (χ2v) is 8.67. The van der Waals surface area contributed by atoms with Gasteiger partial charge in [-0.2, -0.15) is 0 Å². The maximum absolute atomic E-state index is 13.1. The van der Waals surface area contributed by atoms with Gasteiger partial charge in [-0.25, -0.2) is 4.98 Å². The standard InChI is InChI=1S/C22H15Cl3N2O2S/c23-15-9-10-18(17(25)11-15)29-13-20(28)27(12-14-5-2-1-3-6-14)22-26-21-16(24)7-4-8-19(21)30-22/h1-11H,12-13H2. The summed E-state index contributed by atoms with van der Waals surface area (Å²) in [5.41, 5.74) is 1.65. The fourth-order valence-corrected chi connectivity index (χ4v) is 4.60. The Bertz CT molecular complexity index is 1200. The van der Waals surface area contributed by atoms with Crippen molar-refractivity contribution in [3.63, 3.8) is 0 Å². The fourth-order valence-electron chi connectivity index (χ4n) is 2.86. The highest BCUT2D eigenvalue weighted by Gasteiger charge is 2.22. The molecule has 8 heteroatoms. The molecule has 0 aliphatic rings. The van der Waals surface area contributed by atoms with E-state index in [9.17, 15) is 4.79 Å². The van der Waals surface area contributed by atoms with Crippen molar-refractivity contribution >= 4 is 67.4 Å². The van der Waals surface area contributed by atoms with Crippen LogP contribution in [0.3, 0.4) is 0 Å². The maximum atomic E-state index is 13.1. The van der Waals surface area contributed by atoms with Crippen LogP contribution in [0.1, 0.15) is 5.56 Å². The minimum absolute atomic E-state index is 0.197. The molecule has 0 radical (unpaired) electrons. The lowest BCUT2D eigenvalue weighted by Crippen LogP contribution is -2.34. The van der Waals surface area contributed by atoms with Crippen LogP contribution in [-0.2, 0) is 11.3 Å². The molecule has 1 aromatic heterocycles. The summed E-state index contributed by atoms with van der Waals surface area (Å²) in [6.45, 7) is 0.159. The van der Waals surface area contributed by atoms with Gasteiger partial charge < -0.3 is 4.74 Å². The molecule has 4 aromatic rings. The Morgan fingerprint density at radius 3 is 2.50 bits per heavy atom. The third-order valence-electron chi connectivity index (χ3n) is 4.32. The van der Waals surface area contributed by atoms with Crippen LogP contribution in [0.15, 0.2) is 66.7 Å². The number of para-hydroxylation sites is 1. The van der Waals surface area contributed by atoms with E-state index in [-0.39, 0.29) is 12.5 Å². The second-order valence-electron chi connectivity index (χ2n) is 6.41. The number of ether oxygens (including phenoxy) is 1. The molecule has 1 amide bonds. The van der Waals surface area contributed by atoms with Crippen molar-refractivity contribution in [2.45, 2.75) is 6.54 Å². The zero-order chi connectivity index (χ0) is 21.1. The number of halogens is 3. The number of carbonyl (C=O) groups is 1. The van der Waals surface area contributed by atoms with E-state index < -0.39 is 0 Å². The van der Waals surface area contributed by atoms with Crippen LogP contribution in [0.4, 0.5) is 5.13 Å². The maximum Gasteiger partial charge on any atom is 0.267 e. The molecule has 0 aliphatic heterocycles. The first-order valence-corrected chi connectivity index (χ1v) is 10.9. The lowest BCUT2D eigenvalue weighted by Gasteiger charge is -2.20. The number of amides is 1. The zero-order valence-electron chi connectivity index (χ0n) is 15.5. The van der Waals surface area contributed by atoms with Crippen molar-refractivity contribution in [1.82, 2.24) is 4.98 Å². The van der Waals surface area contributed by atoms with Gasteiger partial charge in [0.25, 0.3) is 5.91 Å². The summed E-state index contributed by atoms with van der Waals surface area (Å²) in [6.07, 6.45) is 0. The number of hydrogen-bond acceptors (Lipinski definition) is 4. The van der Waals surface area contributed by atoms with Crippen molar-refractivity contribution in [1.29, 1.82) is 0 Å². The van der Waals surface area contributed by atoms with Gasteiger partial charge in [-0.15, -0.1) is 0 Å². The lowest BCUT2D eigenvalue weighted by atomic mass is 10.2. The largest absolute Gasteiger partial charge is 0.482 e. The molecule has 0 unspecified atom stereocenters. The SMILES string of the molecule is O=C(COc1ccc(Cl)cc1Cl)N(Cc1ccccc1)c1nc2c(Cl)cccc2s1. The first-order valence-electron chi connectivity index (χ1n) is 8.98. The van der Waals surface area contributed by atoms with Crippen LogP contribution in [0.25, 0.3) is 10.2 Å². The fraction of sp³-hybridized carbons (Fsp3) is 0.0909. The highest BCUT2D eigenvalue weighted by molar-refractivity contribution is 7.22. The minimum atomic E-state index is -0.250. The van der Waals surface area contributed by atoms with Crippen LogP contribution in [-0.4, -0.2) is 17.5 Å². The summed E-state index contributed by atoms with van der Waals surface area (Å²) >= 11 is 19.8. The van der Waals surface area contributed by atoms with E-state index >= 15 is 0 Å². The molecular formula is C22H15Cl3N2O2S. The van der Waals surface area contributed by atoms with E-state index in [0.717, 1.165) is 10.3 Å². The number of rotatable bonds is 6. The van der Waals surface area contributed by atoms with Crippen LogP contribution in [0, 0.1) is 0 Å². The molecule has 4 rings (SSSR count). The van der Waals surface area contributed by atoms with E-state index in [2.05, 4.69) is 4.98 Å². The Labute approximate surface area is 192 Å². The minimum Gasteiger partial charge on any atom is -0.482 e. The molecule has 0 aliphatic carbocycles. The Kier molecular flexibility index (Phi) is 6.44. The summed E-state index contributed by atoms with van der Waals surface area (Å²) in [7, 11) is 0. The van der Waals surface area contributed by atoms with Crippen molar-refractivity contribution in [3.05, 3.63) is 87.4 Å². The summed E-state index contributed by atoms with van der Waals surface area (Å²) < 4.78 is 6.57. The molecule has 152 valence electrons. The molecule has 0 atom stereocenters. The van der Waals surface area contributed by atoms with Gasteiger partial charge in [0, 0.05) is 5.02 Å². The predicted octanol–water partition coefficient (Wildman–Crippen LogP) is 6.87. The quantitative estimate of drug-likeness (QED) is 0.304. The molecule has 0 bridgehead atoms. The van der Waals surface area contributed by atoms with Gasteiger partial charge >= 0.3 is 0 Å². The molecule has 1 heterocycles. The summed E-state index contributed by atoms with van der Waals surface area (Å²) in [5, 5.41) is 1.94. The monoisotopic (exact) mass is 476 g/mol. The lowest BCUT2D eigenvalue weighted by molar-refractivity contribution is -0.120. The number of nitrogens with zero attached hydrogens (tertiary/aromatic N) is 2. The van der Waals surface area contributed by atoms with Gasteiger partial charge in [0.1, 0.15) is 11.3 Å². The van der Waals surface area contributed by atoms with Gasteiger partial charge in [0.15, 0.2) is 11.7 Å². The highest BCUT2D eigenvalue weighted by atomic mass is 35.5. The molecule has 0 spiro atoms. The number of aromatic nitrogens is 1. The summed E-state index contributed by atoms with van der Waals surface area (Å²) in [5.74, 6) is 0.140. The zero-order valence-corrected chi connectivity index (χ0v) is 18.6. The topological polar surface area (TPSA) is 42.4 Å². The number of hydrogen-bond donors (Lipinski definition) is 0. The van der Waals surface area contributed by atoms with Crippen molar-refractivity contribution in [3.8, 4) is 5.75 Å². The van der Waals surface area contributed by atoms with Crippen molar-refractivity contribution < 1.29 is 9.53 Å². The molecule has 4 nitrogen and oxygen atoms in total. The summed E-state index contributed by atoms with van der Waals surface area (Å²) in [4.78, 5) is 19.3. The van der Waals surface area contributed by atoms with Gasteiger partial charge in [-0.3, -0.25) is 9.69 Å². The van der Waals surface area contributed by atoms with Crippen LogP contribution in [0.2, 0.25) is 15.1 Å². The first kappa shape index (κ1) is 20.9. The number of benzene rings is 3. The number of anilines is 1. The third kappa shape index (κ3) is 4.71. The van der Waals surface area contributed by atoms with Gasteiger partial charge in [0.2, 0.25) is 0 Å². The second kappa shape index (κ2) is 9.23. The van der Waals surface area contributed by atoms with E-state index in [0.29, 0.717) is 38.0 Å². The normalized spacial score (nSPS) is 10.9. The molecule has 3 aromatic carbocycles. The third-order valence-corrected chi connectivity index (χ3v) is 6.20. The summed E-state index contributed by atoms with van der Waals surface area (Å²) in [6, 6.07) is 20.1. The average molecular weight is 478 g/mol. The number of fused-ring (bicyclic) bond motifs is 1. The number of thiazole rings is 1. The van der Waals surface area contributed by atoms with E-state index in [1.165, 1.54) is 11.3 Å². The molecule has 0 saturated heterocycles.